The number of methoxy groups -OCH3 is 1. The number of rotatable bonds is 3. The molecule has 3 aliphatic rings. The molecule has 3 rings (SSSR count). The van der Waals surface area contributed by atoms with Crippen LogP contribution in [0.2, 0.25) is 0 Å². The van der Waals surface area contributed by atoms with Gasteiger partial charge in [0.2, 0.25) is 0 Å². The van der Waals surface area contributed by atoms with Crippen molar-refractivity contribution < 1.29 is 9.53 Å². The monoisotopic (exact) mass is 344 g/mol. The molecule has 0 amide bonds. The van der Waals surface area contributed by atoms with E-state index in [0.29, 0.717) is 0 Å². The minimum absolute atomic E-state index is 0.0280. The molecule has 0 aromatic carbocycles. The number of hydrogen-bond donors (Lipinski definition) is 1. The fourth-order valence-electron chi connectivity index (χ4n) is 6.08. The predicted molar refractivity (Wildman–Crippen MR) is 98.3 cm³/mol. The van der Waals surface area contributed by atoms with Gasteiger partial charge in [-0.1, -0.05) is 31.9 Å². The lowest BCUT2D eigenvalue weighted by atomic mass is 9.47. The summed E-state index contributed by atoms with van der Waals surface area (Å²) in [5.74, 6) is 0.107. The lowest BCUT2D eigenvalue weighted by Crippen LogP contribution is -2.53. The number of carbonyl (C=O) groups excluding carboxylic acids is 1. The van der Waals surface area contributed by atoms with Crippen molar-refractivity contribution in [2.45, 2.75) is 71.8 Å². The van der Waals surface area contributed by atoms with Gasteiger partial charge >= 0.3 is 5.97 Å². The summed E-state index contributed by atoms with van der Waals surface area (Å²) in [5, 5.41) is 4.01. The van der Waals surface area contributed by atoms with E-state index in [-0.39, 0.29) is 28.8 Å². The number of ether oxygens (including phenoxy) is 1. The number of esters is 1. The zero-order valence-corrected chi connectivity index (χ0v) is 16.2. The minimum Gasteiger partial charge on any atom is -0.469 e. The molecule has 0 spiro atoms. The Hall–Kier alpha value is -1.45. The molecule has 0 heterocycles. The Labute approximate surface area is 151 Å². The summed E-state index contributed by atoms with van der Waals surface area (Å²) in [6, 6.07) is -0.0882. The Bertz CT molecular complexity index is 640. The Morgan fingerprint density at radius 3 is 2.64 bits per heavy atom. The van der Waals surface area contributed by atoms with Gasteiger partial charge in [-0.05, 0) is 67.8 Å². The van der Waals surface area contributed by atoms with Gasteiger partial charge in [-0.3, -0.25) is 4.79 Å². The first-order valence-electron chi connectivity index (χ1n) is 9.55. The van der Waals surface area contributed by atoms with Crippen LogP contribution in [0.4, 0.5) is 0 Å². The molecule has 0 aromatic heterocycles. The highest BCUT2D eigenvalue weighted by Gasteiger charge is 2.58. The third kappa shape index (κ3) is 2.60. The topological polar surface area (TPSA) is 62.5 Å². The third-order valence-corrected chi connectivity index (χ3v) is 7.71. The minimum atomic E-state index is -0.470. The first-order chi connectivity index (χ1) is 11.7. The fraction of sp³-hybridized carbons (Fsp3) is 0.762. The van der Waals surface area contributed by atoms with E-state index in [1.165, 1.54) is 18.3 Å². The normalized spacial score (nSPS) is 43.7. The van der Waals surface area contributed by atoms with Gasteiger partial charge in [0.05, 0.1) is 18.6 Å². The summed E-state index contributed by atoms with van der Waals surface area (Å²) < 4.78 is 5.20. The molecule has 1 fully saturated rings. The number of carbonyl (C=O) groups is 1. The molecule has 5 atom stereocenters. The van der Waals surface area contributed by atoms with E-state index >= 15 is 0 Å². The predicted octanol–water partition coefficient (Wildman–Crippen LogP) is 5.45. The molecule has 4 nitrogen and oxygen atoms in total. The van der Waals surface area contributed by atoms with Crippen LogP contribution < -0.4 is 0 Å². The fourth-order valence-corrected chi connectivity index (χ4v) is 6.08. The van der Waals surface area contributed by atoms with E-state index in [1.807, 2.05) is 0 Å². The number of nitrogens with zero attached hydrogens (tertiary/aromatic N) is 1. The standard InChI is InChI=1S/C21H32N2O2/c1-6-19(2)11-8-15-14(13-19)16(23-22)12-17-20(15,3)9-7-10-21(17,4)18(24)25-5/h6,16-17,22H,1,7-13H2,2-5H3/t16?,17?,19-,20-,21-/m1/s1. The van der Waals surface area contributed by atoms with Gasteiger partial charge in [-0.25, -0.2) is 5.53 Å². The van der Waals surface area contributed by atoms with Crippen LogP contribution in [0.25, 0.3) is 0 Å². The average Bonchev–Trinajstić information content (AvgIpc) is 2.60. The highest BCUT2D eigenvalue weighted by atomic mass is 16.5. The van der Waals surface area contributed by atoms with E-state index in [4.69, 9.17) is 10.3 Å². The van der Waals surface area contributed by atoms with Gasteiger partial charge in [0.15, 0.2) is 0 Å². The van der Waals surface area contributed by atoms with Crippen LogP contribution in [0.15, 0.2) is 28.9 Å². The van der Waals surface area contributed by atoms with Crippen molar-refractivity contribution in [1.29, 1.82) is 5.53 Å². The highest BCUT2D eigenvalue weighted by molar-refractivity contribution is 5.77. The number of allylic oxidation sites excluding steroid dienone is 2. The quantitative estimate of drug-likeness (QED) is 0.420. The molecule has 0 aliphatic heterocycles. The second kappa shape index (κ2) is 6.07. The van der Waals surface area contributed by atoms with Crippen molar-refractivity contribution in [2.24, 2.45) is 27.3 Å². The molecule has 4 heteroatoms. The molecule has 3 aliphatic carbocycles. The zero-order valence-electron chi connectivity index (χ0n) is 16.2. The van der Waals surface area contributed by atoms with Crippen LogP contribution in [0.5, 0.6) is 0 Å². The van der Waals surface area contributed by atoms with E-state index < -0.39 is 5.41 Å². The van der Waals surface area contributed by atoms with Gasteiger partial charge in [-0.2, -0.15) is 5.11 Å². The maximum atomic E-state index is 12.7. The van der Waals surface area contributed by atoms with Crippen molar-refractivity contribution in [1.82, 2.24) is 0 Å². The SMILES string of the molecule is C=C[C@]1(C)CCC2=C(C1)C(N=N)CC1[C@](C)(C(=O)OC)CCC[C@]21C. The molecule has 138 valence electrons. The van der Waals surface area contributed by atoms with Crippen LogP contribution >= 0.6 is 0 Å². The van der Waals surface area contributed by atoms with Gasteiger partial charge in [0, 0.05) is 0 Å². The smallest absolute Gasteiger partial charge is 0.311 e. The molecule has 1 N–H and O–H groups in total. The van der Waals surface area contributed by atoms with Gasteiger partial charge in [-0.15, -0.1) is 6.58 Å². The second-order valence-electron chi connectivity index (χ2n) is 9.15. The van der Waals surface area contributed by atoms with Crippen molar-refractivity contribution in [2.75, 3.05) is 7.11 Å². The molecule has 0 saturated heterocycles. The largest absolute Gasteiger partial charge is 0.469 e. The Morgan fingerprint density at radius 1 is 1.32 bits per heavy atom. The Kier molecular flexibility index (Phi) is 4.45. The summed E-state index contributed by atoms with van der Waals surface area (Å²) in [7, 11) is 1.50. The van der Waals surface area contributed by atoms with Crippen LogP contribution in [-0.2, 0) is 9.53 Å². The molecule has 1 saturated carbocycles. The number of fused-ring (bicyclic) bond motifs is 2. The highest BCUT2D eigenvalue weighted by Crippen LogP contribution is 2.63. The molecule has 0 radical (unpaired) electrons. The molecular weight excluding hydrogens is 312 g/mol. The van der Waals surface area contributed by atoms with Gasteiger partial charge < -0.3 is 4.74 Å². The zero-order chi connectivity index (χ0) is 18.5. The molecule has 25 heavy (non-hydrogen) atoms. The Balaban J connectivity index is 2.10. The van der Waals surface area contributed by atoms with E-state index in [1.54, 1.807) is 0 Å². The van der Waals surface area contributed by atoms with Crippen molar-refractivity contribution in [3.8, 4) is 0 Å². The molecule has 2 unspecified atom stereocenters. The first kappa shape index (κ1) is 18.3. The lowest BCUT2D eigenvalue weighted by Gasteiger charge is -2.57. The van der Waals surface area contributed by atoms with Crippen LogP contribution in [0.3, 0.4) is 0 Å². The van der Waals surface area contributed by atoms with Crippen molar-refractivity contribution in [3.63, 3.8) is 0 Å². The average molecular weight is 344 g/mol. The van der Waals surface area contributed by atoms with E-state index in [2.05, 4.69) is 38.5 Å². The summed E-state index contributed by atoms with van der Waals surface area (Å²) >= 11 is 0. The molecular formula is C21H32N2O2. The van der Waals surface area contributed by atoms with E-state index in [0.717, 1.165) is 44.9 Å². The molecule has 0 bridgehead atoms. The van der Waals surface area contributed by atoms with Gasteiger partial charge in [0.1, 0.15) is 0 Å². The van der Waals surface area contributed by atoms with Crippen molar-refractivity contribution in [3.05, 3.63) is 23.8 Å². The summed E-state index contributed by atoms with van der Waals surface area (Å²) in [6.45, 7) is 10.7. The second-order valence-corrected chi connectivity index (χ2v) is 9.15. The number of hydrogen-bond acceptors (Lipinski definition) is 4. The van der Waals surface area contributed by atoms with Crippen LogP contribution in [0.1, 0.15) is 65.7 Å². The first-order valence-corrected chi connectivity index (χ1v) is 9.55. The van der Waals surface area contributed by atoms with Crippen LogP contribution in [0, 0.1) is 27.7 Å². The lowest BCUT2D eigenvalue weighted by molar-refractivity contribution is -0.163. The maximum Gasteiger partial charge on any atom is 0.311 e. The van der Waals surface area contributed by atoms with E-state index in [9.17, 15) is 4.79 Å². The molecule has 0 aromatic rings. The van der Waals surface area contributed by atoms with Crippen molar-refractivity contribution >= 4 is 5.97 Å². The summed E-state index contributed by atoms with van der Waals surface area (Å²) in [5.41, 5.74) is 10.3. The maximum absolute atomic E-state index is 12.7. The van der Waals surface area contributed by atoms with Gasteiger partial charge in [0.25, 0.3) is 0 Å². The summed E-state index contributed by atoms with van der Waals surface area (Å²) in [6.07, 6.45) is 9.00. The van der Waals surface area contributed by atoms with Crippen LogP contribution in [-0.4, -0.2) is 19.1 Å². The summed E-state index contributed by atoms with van der Waals surface area (Å²) in [4.78, 5) is 12.7. The Morgan fingerprint density at radius 2 is 2.04 bits per heavy atom. The third-order valence-electron chi connectivity index (χ3n) is 7.71. The number of nitrogens with one attached hydrogen (secondary N) is 1.